The number of ether oxygens (including phenoxy) is 1. The van der Waals surface area contributed by atoms with E-state index in [2.05, 4.69) is 9.97 Å². The SMILES string of the molecule is CC(C)(C)OC(=O)C(=O)Cc1cccc(-c2ccncn2)c1. The molecule has 0 aliphatic heterocycles. The van der Waals surface area contributed by atoms with E-state index in [-0.39, 0.29) is 6.42 Å². The predicted octanol–water partition coefficient (Wildman–Crippen LogP) is 2.60. The van der Waals surface area contributed by atoms with E-state index in [0.29, 0.717) is 0 Å². The van der Waals surface area contributed by atoms with Gasteiger partial charge in [-0.15, -0.1) is 0 Å². The Morgan fingerprint density at radius 2 is 1.95 bits per heavy atom. The van der Waals surface area contributed by atoms with E-state index in [0.717, 1.165) is 16.8 Å². The van der Waals surface area contributed by atoms with Gasteiger partial charge in [-0.25, -0.2) is 14.8 Å². The first-order chi connectivity index (χ1) is 10.3. The molecule has 5 heteroatoms. The van der Waals surface area contributed by atoms with Gasteiger partial charge < -0.3 is 4.74 Å². The Kier molecular flexibility index (Phi) is 4.65. The van der Waals surface area contributed by atoms with Gasteiger partial charge in [0.1, 0.15) is 11.9 Å². The third kappa shape index (κ3) is 4.48. The van der Waals surface area contributed by atoms with Gasteiger partial charge in [-0.3, -0.25) is 4.79 Å². The minimum absolute atomic E-state index is 0.00777. The number of hydrogen-bond acceptors (Lipinski definition) is 5. The van der Waals surface area contributed by atoms with Crippen molar-refractivity contribution >= 4 is 11.8 Å². The predicted molar refractivity (Wildman–Crippen MR) is 82.0 cm³/mol. The summed E-state index contributed by atoms with van der Waals surface area (Å²) < 4.78 is 5.08. The lowest BCUT2D eigenvalue weighted by Gasteiger charge is -2.18. The molecule has 0 bridgehead atoms. The number of Topliss-reactive ketones (excluding diaryl/α,β-unsaturated/α-hetero) is 1. The van der Waals surface area contributed by atoms with Gasteiger partial charge in [0.25, 0.3) is 0 Å². The summed E-state index contributed by atoms with van der Waals surface area (Å²) in [5.41, 5.74) is 1.71. The normalized spacial score (nSPS) is 11.0. The highest BCUT2D eigenvalue weighted by Gasteiger charge is 2.22. The molecule has 1 aromatic heterocycles. The van der Waals surface area contributed by atoms with Crippen molar-refractivity contribution in [2.75, 3.05) is 0 Å². The van der Waals surface area contributed by atoms with Crippen molar-refractivity contribution in [1.29, 1.82) is 0 Å². The Labute approximate surface area is 129 Å². The minimum Gasteiger partial charge on any atom is -0.454 e. The molecule has 5 nitrogen and oxygen atoms in total. The van der Waals surface area contributed by atoms with Crippen molar-refractivity contribution in [2.45, 2.75) is 32.8 Å². The fourth-order valence-electron chi connectivity index (χ4n) is 1.89. The van der Waals surface area contributed by atoms with Crippen molar-refractivity contribution in [2.24, 2.45) is 0 Å². The lowest BCUT2D eigenvalue weighted by Crippen LogP contribution is -2.29. The van der Waals surface area contributed by atoms with Crippen molar-refractivity contribution in [1.82, 2.24) is 9.97 Å². The van der Waals surface area contributed by atoms with Gasteiger partial charge in [0, 0.05) is 18.2 Å². The van der Waals surface area contributed by atoms with Gasteiger partial charge in [0.05, 0.1) is 5.69 Å². The summed E-state index contributed by atoms with van der Waals surface area (Å²) in [6.07, 6.45) is 3.13. The van der Waals surface area contributed by atoms with Gasteiger partial charge in [-0.05, 0) is 38.5 Å². The van der Waals surface area contributed by atoms with Crippen molar-refractivity contribution in [3.05, 3.63) is 48.4 Å². The molecule has 0 aliphatic carbocycles. The summed E-state index contributed by atoms with van der Waals surface area (Å²) >= 11 is 0. The number of nitrogens with zero attached hydrogens (tertiary/aromatic N) is 2. The molecule has 0 aliphatic rings. The molecule has 2 rings (SSSR count). The molecule has 0 saturated carbocycles. The number of benzene rings is 1. The number of hydrogen-bond donors (Lipinski definition) is 0. The molecule has 1 heterocycles. The highest BCUT2D eigenvalue weighted by atomic mass is 16.6. The molecule has 22 heavy (non-hydrogen) atoms. The molecule has 0 saturated heterocycles. The maximum Gasteiger partial charge on any atom is 0.375 e. The highest BCUT2D eigenvalue weighted by Crippen LogP contribution is 2.18. The molecule has 0 unspecified atom stereocenters. The number of ketones is 1. The minimum atomic E-state index is -0.806. The lowest BCUT2D eigenvalue weighted by atomic mass is 10.0. The first-order valence-corrected chi connectivity index (χ1v) is 6.97. The summed E-state index contributed by atoms with van der Waals surface area (Å²) in [6, 6.07) is 9.14. The zero-order valence-corrected chi connectivity index (χ0v) is 12.9. The maximum absolute atomic E-state index is 11.9. The molecule has 0 spiro atoms. The molecular formula is C17H18N2O3. The second-order valence-corrected chi connectivity index (χ2v) is 5.90. The summed E-state index contributed by atoms with van der Waals surface area (Å²) in [7, 11) is 0. The summed E-state index contributed by atoms with van der Waals surface area (Å²) in [4.78, 5) is 31.7. The van der Waals surface area contributed by atoms with Crippen LogP contribution in [0.4, 0.5) is 0 Å². The fraction of sp³-hybridized carbons (Fsp3) is 0.294. The van der Waals surface area contributed by atoms with Gasteiger partial charge in [0.15, 0.2) is 0 Å². The molecule has 0 amide bonds. The highest BCUT2D eigenvalue weighted by molar-refractivity contribution is 6.34. The molecular weight excluding hydrogens is 280 g/mol. The topological polar surface area (TPSA) is 69.2 Å². The van der Waals surface area contributed by atoms with E-state index in [1.165, 1.54) is 6.33 Å². The lowest BCUT2D eigenvalue weighted by molar-refractivity contribution is -0.162. The van der Waals surface area contributed by atoms with Crippen LogP contribution in [-0.4, -0.2) is 27.3 Å². The second kappa shape index (κ2) is 6.47. The molecule has 114 valence electrons. The number of aromatic nitrogens is 2. The van der Waals surface area contributed by atoms with Crippen LogP contribution < -0.4 is 0 Å². The number of esters is 1. The molecule has 0 atom stereocenters. The number of carbonyl (C=O) groups excluding carboxylic acids is 2. The fourth-order valence-corrected chi connectivity index (χ4v) is 1.89. The Hall–Kier alpha value is -2.56. The maximum atomic E-state index is 11.9. The average Bonchev–Trinajstić information content (AvgIpc) is 2.46. The van der Waals surface area contributed by atoms with Crippen molar-refractivity contribution in [3.8, 4) is 11.3 Å². The van der Waals surface area contributed by atoms with Crippen LogP contribution in [0.3, 0.4) is 0 Å². The smallest absolute Gasteiger partial charge is 0.375 e. The molecule has 0 N–H and O–H groups in total. The largest absolute Gasteiger partial charge is 0.454 e. The zero-order valence-electron chi connectivity index (χ0n) is 12.9. The average molecular weight is 298 g/mol. The molecule has 0 radical (unpaired) electrons. The summed E-state index contributed by atoms with van der Waals surface area (Å²) in [5, 5.41) is 0. The van der Waals surface area contributed by atoms with Gasteiger partial charge in [0.2, 0.25) is 5.78 Å². The van der Waals surface area contributed by atoms with Crippen LogP contribution in [0.1, 0.15) is 26.3 Å². The Morgan fingerprint density at radius 1 is 1.18 bits per heavy atom. The van der Waals surface area contributed by atoms with E-state index in [1.807, 2.05) is 18.2 Å². The number of carbonyl (C=O) groups is 2. The second-order valence-electron chi connectivity index (χ2n) is 5.90. The van der Waals surface area contributed by atoms with Crippen LogP contribution in [0.5, 0.6) is 0 Å². The van der Waals surface area contributed by atoms with Crippen LogP contribution in [0, 0.1) is 0 Å². The Morgan fingerprint density at radius 3 is 2.59 bits per heavy atom. The van der Waals surface area contributed by atoms with Crippen LogP contribution in [0.25, 0.3) is 11.3 Å². The van der Waals surface area contributed by atoms with Crippen LogP contribution in [0.2, 0.25) is 0 Å². The van der Waals surface area contributed by atoms with Crippen LogP contribution in [0.15, 0.2) is 42.9 Å². The first kappa shape index (κ1) is 15.8. The molecule has 1 aromatic carbocycles. The summed E-state index contributed by atoms with van der Waals surface area (Å²) in [5.74, 6) is -1.37. The standard InChI is InChI=1S/C17H18N2O3/c1-17(2,3)22-16(21)15(20)10-12-5-4-6-13(9-12)14-7-8-18-11-19-14/h4-9,11H,10H2,1-3H3. The van der Waals surface area contributed by atoms with E-state index in [4.69, 9.17) is 4.74 Å². The summed E-state index contributed by atoms with van der Waals surface area (Å²) in [6.45, 7) is 5.19. The molecule has 0 fully saturated rings. The van der Waals surface area contributed by atoms with Crippen LogP contribution >= 0.6 is 0 Å². The first-order valence-electron chi connectivity index (χ1n) is 6.97. The quantitative estimate of drug-likeness (QED) is 0.641. The Balaban J connectivity index is 2.11. The van der Waals surface area contributed by atoms with Crippen molar-refractivity contribution < 1.29 is 14.3 Å². The molecule has 2 aromatic rings. The van der Waals surface area contributed by atoms with E-state index in [9.17, 15) is 9.59 Å². The van der Waals surface area contributed by atoms with Gasteiger partial charge in [-0.1, -0.05) is 18.2 Å². The zero-order chi connectivity index (χ0) is 16.2. The van der Waals surface area contributed by atoms with Crippen molar-refractivity contribution in [3.63, 3.8) is 0 Å². The van der Waals surface area contributed by atoms with E-state index < -0.39 is 17.4 Å². The van der Waals surface area contributed by atoms with Crippen LogP contribution in [-0.2, 0) is 20.7 Å². The third-order valence-electron chi connectivity index (χ3n) is 2.80. The van der Waals surface area contributed by atoms with E-state index >= 15 is 0 Å². The number of rotatable bonds is 4. The van der Waals surface area contributed by atoms with Gasteiger partial charge >= 0.3 is 5.97 Å². The monoisotopic (exact) mass is 298 g/mol. The third-order valence-corrected chi connectivity index (χ3v) is 2.80. The van der Waals surface area contributed by atoms with E-state index in [1.54, 1.807) is 39.1 Å². The van der Waals surface area contributed by atoms with Gasteiger partial charge in [-0.2, -0.15) is 0 Å². The Bertz CT molecular complexity index is 676.